The molecule has 3 heterocycles. The lowest BCUT2D eigenvalue weighted by Crippen LogP contribution is -2.41. The molecule has 1 saturated heterocycles. The van der Waals surface area contributed by atoms with E-state index in [2.05, 4.69) is 10.1 Å². The molecule has 32 heavy (non-hydrogen) atoms. The number of fused-ring (bicyclic) bond motifs is 1. The molecule has 1 aromatic carbocycles. The Morgan fingerprint density at radius 1 is 1.34 bits per heavy atom. The predicted octanol–water partition coefficient (Wildman–Crippen LogP) is 0.573. The van der Waals surface area contributed by atoms with Gasteiger partial charge in [-0.3, -0.25) is 4.79 Å². The van der Waals surface area contributed by atoms with Gasteiger partial charge in [0.25, 0.3) is 0 Å². The maximum atomic E-state index is 12.4. The second-order valence-electron chi connectivity index (χ2n) is 7.82. The van der Waals surface area contributed by atoms with Crippen LogP contribution in [-0.4, -0.2) is 55.7 Å². The number of hydrogen-bond acceptors (Lipinski definition) is 9. The number of anilines is 1. The van der Waals surface area contributed by atoms with E-state index in [0.29, 0.717) is 11.9 Å². The number of aliphatic hydroxyl groups excluding tert-OH is 2. The molecule has 0 radical (unpaired) electrons. The summed E-state index contributed by atoms with van der Waals surface area (Å²) in [5, 5.41) is 35.3. The van der Waals surface area contributed by atoms with Gasteiger partial charge >= 0.3 is 5.97 Å². The van der Waals surface area contributed by atoms with E-state index >= 15 is 0 Å². The van der Waals surface area contributed by atoms with Crippen LogP contribution in [0.25, 0.3) is 5.52 Å². The standard InChI is InChI=1S/C22H23N5O5/c1-13(9-14-5-3-2-4-6-14)21(30)31-10-16-18(28)19(29)22(11-23,32-16)17-8-7-15-20(24)25-12-26-27(15)17/h2-8,12-13,16,18-19,28-29H,9-10H2,1H3,(H2,24,25,26)/t13-,16+,18+,19+,22-/m0/s1. The number of ether oxygens (including phenoxy) is 2. The van der Waals surface area contributed by atoms with E-state index in [1.54, 1.807) is 13.0 Å². The Morgan fingerprint density at radius 3 is 2.81 bits per heavy atom. The van der Waals surface area contributed by atoms with E-state index in [1.807, 2.05) is 36.4 Å². The van der Waals surface area contributed by atoms with Crippen LogP contribution >= 0.6 is 0 Å². The van der Waals surface area contributed by atoms with Crippen LogP contribution in [0, 0.1) is 17.2 Å². The van der Waals surface area contributed by atoms with Crippen LogP contribution in [0.2, 0.25) is 0 Å². The van der Waals surface area contributed by atoms with Gasteiger partial charge in [-0.25, -0.2) is 9.50 Å². The van der Waals surface area contributed by atoms with Gasteiger partial charge in [0.15, 0.2) is 5.82 Å². The largest absolute Gasteiger partial charge is 0.463 e. The minimum absolute atomic E-state index is 0.182. The van der Waals surface area contributed by atoms with Gasteiger partial charge in [-0.2, -0.15) is 10.4 Å². The van der Waals surface area contributed by atoms with Gasteiger partial charge in [0.05, 0.1) is 11.6 Å². The Balaban J connectivity index is 1.49. The second-order valence-corrected chi connectivity index (χ2v) is 7.82. The van der Waals surface area contributed by atoms with Crippen LogP contribution in [0.1, 0.15) is 18.2 Å². The van der Waals surface area contributed by atoms with Gasteiger partial charge in [0, 0.05) is 0 Å². The van der Waals surface area contributed by atoms with Gasteiger partial charge in [-0.15, -0.1) is 0 Å². The Morgan fingerprint density at radius 2 is 2.09 bits per heavy atom. The Bertz CT molecular complexity index is 1160. The van der Waals surface area contributed by atoms with Crippen LogP contribution in [-0.2, 0) is 26.3 Å². The van der Waals surface area contributed by atoms with Crippen LogP contribution < -0.4 is 5.73 Å². The third-order valence-electron chi connectivity index (χ3n) is 5.66. The monoisotopic (exact) mass is 437 g/mol. The summed E-state index contributed by atoms with van der Waals surface area (Å²) < 4.78 is 12.5. The number of rotatable bonds is 6. The summed E-state index contributed by atoms with van der Waals surface area (Å²) in [4.78, 5) is 16.3. The first-order valence-corrected chi connectivity index (χ1v) is 10.1. The fourth-order valence-electron chi connectivity index (χ4n) is 3.91. The third kappa shape index (κ3) is 3.67. The predicted molar refractivity (Wildman–Crippen MR) is 112 cm³/mol. The molecule has 10 heteroatoms. The summed E-state index contributed by atoms with van der Waals surface area (Å²) in [6.45, 7) is 1.42. The third-order valence-corrected chi connectivity index (χ3v) is 5.66. The molecule has 0 spiro atoms. The molecule has 0 aliphatic carbocycles. The average Bonchev–Trinajstić information content (AvgIpc) is 3.34. The Kier molecular flexibility index (Phi) is 5.80. The molecule has 3 aromatic rings. The van der Waals surface area contributed by atoms with Crippen molar-refractivity contribution in [2.75, 3.05) is 12.3 Å². The van der Waals surface area contributed by atoms with Gasteiger partial charge < -0.3 is 25.4 Å². The van der Waals surface area contributed by atoms with Crippen molar-refractivity contribution in [1.29, 1.82) is 5.26 Å². The quantitative estimate of drug-likeness (QED) is 0.469. The highest BCUT2D eigenvalue weighted by atomic mass is 16.6. The van der Waals surface area contributed by atoms with E-state index < -0.39 is 35.8 Å². The summed E-state index contributed by atoms with van der Waals surface area (Å²) in [6.07, 6.45) is -2.47. The summed E-state index contributed by atoms with van der Waals surface area (Å²) in [5.41, 5.74) is 5.51. The van der Waals surface area contributed by atoms with Crippen molar-refractivity contribution in [3.8, 4) is 6.07 Å². The zero-order valence-electron chi connectivity index (χ0n) is 17.3. The molecule has 4 rings (SSSR count). The fraction of sp³-hybridized carbons (Fsp3) is 0.364. The lowest BCUT2D eigenvalue weighted by Gasteiger charge is -2.24. The highest BCUT2D eigenvalue weighted by Crippen LogP contribution is 2.40. The number of benzene rings is 1. The van der Waals surface area contributed by atoms with E-state index in [9.17, 15) is 20.3 Å². The second kappa shape index (κ2) is 8.55. The molecular weight excluding hydrogens is 414 g/mol. The van der Waals surface area contributed by atoms with Crippen molar-refractivity contribution in [2.24, 2.45) is 5.92 Å². The molecule has 166 valence electrons. The summed E-state index contributed by atoms with van der Waals surface area (Å²) in [5.74, 6) is -0.705. The highest BCUT2D eigenvalue weighted by molar-refractivity contribution is 5.72. The zero-order valence-corrected chi connectivity index (χ0v) is 17.3. The normalized spacial score (nSPS) is 26.0. The van der Waals surface area contributed by atoms with Crippen LogP contribution in [0.3, 0.4) is 0 Å². The Hall–Kier alpha value is -3.52. The van der Waals surface area contributed by atoms with Gasteiger partial charge in [-0.1, -0.05) is 37.3 Å². The SMILES string of the molecule is C[C@@H](Cc1ccccc1)C(=O)OC[C@H]1O[C@@](C#N)(c2ccc3c(N)ncnn23)[C@H](O)[C@@H]1O. The number of carbonyl (C=O) groups excluding carboxylic acids is 1. The summed E-state index contributed by atoms with van der Waals surface area (Å²) >= 11 is 0. The molecule has 0 saturated carbocycles. The van der Waals surface area contributed by atoms with Crippen molar-refractivity contribution in [3.63, 3.8) is 0 Å². The first-order valence-electron chi connectivity index (χ1n) is 10.1. The number of nitrogens with two attached hydrogens (primary N) is 1. The number of aromatic nitrogens is 3. The molecule has 0 amide bonds. The fourth-order valence-corrected chi connectivity index (χ4v) is 3.91. The molecule has 5 atom stereocenters. The van der Waals surface area contributed by atoms with E-state index in [0.717, 1.165) is 5.56 Å². The van der Waals surface area contributed by atoms with Crippen LogP contribution in [0.15, 0.2) is 48.8 Å². The van der Waals surface area contributed by atoms with Crippen molar-refractivity contribution < 1.29 is 24.5 Å². The number of nitrogens with zero attached hydrogens (tertiary/aromatic N) is 4. The minimum atomic E-state index is -1.93. The molecule has 1 aliphatic heterocycles. The number of hydrogen-bond donors (Lipinski definition) is 3. The molecular formula is C22H23N5O5. The number of aliphatic hydroxyl groups is 2. The van der Waals surface area contributed by atoms with E-state index in [4.69, 9.17) is 15.2 Å². The molecule has 0 unspecified atom stereocenters. The van der Waals surface area contributed by atoms with Crippen molar-refractivity contribution >= 4 is 17.3 Å². The summed E-state index contributed by atoms with van der Waals surface area (Å²) in [7, 11) is 0. The molecule has 0 bridgehead atoms. The number of esters is 1. The van der Waals surface area contributed by atoms with Crippen molar-refractivity contribution in [2.45, 2.75) is 37.3 Å². The molecule has 4 N–H and O–H groups in total. The highest BCUT2D eigenvalue weighted by Gasteiger charge is 2.57. The number of carbonyl (C=O) groups is 1. The molecule has 1 fully saturated rings. The number of nitrogen functional groups attached to an aromatic ring is 1. The Labute approximate surface area is 183 Å². The average molecular weight is 437 g/mol. The van der Waals surface area contributed by atoms with Crippen molar-refractivity contribution in [1.82, 2.24) is 14.6 Å². The molecule has 10 nitrogen and oxygen atoms in total. The molecule has 1 aliphatic rings. The first-order chi connectivity index (χ1) is 15.4. The van der Waals surface area contributed by atoms with Crippen LogP contribution in [0.5, 0.6) is 0 Å². The lowest BCUT2D eigenvalue weighted by molar-refractivity contribution is -0.154. The van der Waals surface area contributed by atoms with Crippen LogP contribution in [0.4, 0.5) is 5.82 Å². The first kappa shape index (κ1) is 21.7. The summed E-state index contributed by atoms with van der Waals surface area (Å²) in [6, 6.07) is 14.6. The topological polar surface area (TPSA) is 156 Å². The van der Waals surface area contributed by atoms with Gasteiger partial charge in [0.1, 0.15) is 42.8 Å². The van der Waals surface area contributed by atoms with E-state index in [-0.39, 0.29) is 18.1 Å². The zero-order chi connectivity index (χ0) is 22.9. The number of nitriles is 1. The van der Waals surface area contributed by atoms with Gasteiger partial charge in [0.2, 0.25) is 5.60 Å². The van der Waals surface area contributed by atoms with Gasteiger partial charge in [-0.05, 0) is 24.1 Å². The minimum Gasteiger partial charge on any atom is -0.463 e. The maximum absolute atomic E-state index is 12.4. The van der Waals surface area contributed by atoms with E-state index in [1.165, 1.54) is 16.9 Å². The lowest BCUT2D eigenvalue weighted by atomic mass is 9.92. The van der Waals surface area contributed by atoms with Crippen molar-refractivity contribution in [3.05, 3.63) is 60.0 Å². The smallest absolute Gasteiger partial charge is 0.309 e. The maximum Gasteiger partial charge on any atom is 0.309 e. The molecule has 2 aromatic heterocycles.